The van der Waals surface area contributed by atoms with E-state index < -0.39 is 11.5 Å². The highest BCUT2D eigenvalue weighted by molar-refractivity contribution is 9.15. The molecule has 1 aromatic rings. The molecule has 0 unspecified atom stereocenters. The van der Waals surface area contributed by atoms with Crippen molar-refractivity contribution >= 4 is 69.7 Å². The van der Waals surface area contributed by atoms with Crippen molar-refractivity contribution in [3.05, 3.63) is 40.4 Å². The van der Waals surface area contributed by atoms with Gasteiger partial charge >= 0.3 is 11.5 Å². The molecule has 0 spiro atoms. The van der Waals surface area contributed by atoms with E-state index in [1.807, 2.05) is 0 Å². The van der Waals surface area contributed by atoms with E-state index in [4.69, 9.17) is 11.3 Å². The van der Waals surface area contributed by atoms with Crippen molar-refractivity contribution in [1.82, 2.24) is 0 Å². The predicted octanol–water partition coefficient (Wildman–Crippen LogP) is 5.06. The maximum atomic E-state index is 12.2. The van der Waals surface area contributed by atoms with Crippen molar-refractivity contribution in [1.29, 1.82) is 0 Å². The molecule has 1 aromatic carbocycles. The summed E-state index contributed by atoms with van der Waals surface area (Å²) < 4.78 is 8.57. The Balaban J connectivity index is 2.56. The molecule has 0 amide bonds. The number of carbonyl (C=O) groups is 1. The number of esters is 1. The highest BCUT2D eigenvalue weighted by atomic mass is 79.9. The molecule has 0 aliphatic heterocycles. The first-order chi connectivity index (χ1) is 9.38. The highest BCUT2D eigenvalue weighted by Gasteiger charge is 2.53. The second-order valence-corrected chi connectivity index (χ2v) is 7.60. The first-order valence-corrected chi connectivity index (χ1v) is 8.94. The lowest BCUT2D eigenvalue weighted by atomic mass is 9.97. The van der Waals surface area contributed by atoms with Crippen LogP contribution in [0.25, 0.3) is 4.85 Å². The second-order valence-electron chi connectivity index (χ2n) is 4.43. The van der Waals surface area contributed by atoms with Crippen LogP contribution in [0, 0.1) is 6.57 Å². The first-order valence-electron chi connectivity index (χ1n) is 5.77. The van der Waals surface area contributed by atoms with Crippen LogP contribution in [0.1, 0.15) is 18.1 Å². The van der Waals surface area contributed by atoms with Gasteiger partial charge in [0.15, 0.2) is 0 Å². The third-order valence-corrected chi connectivity index (χ3v) is 8.21. The number of nitrogens with zero attached hydrogens (tertiary/aromatic N) is 1. The van der Waals surface area contributed by atoms with Gasteiger partial charge in [-0.1, -0.05) is 0 Å². The van der Waals surface area contributed by atoms with E-state index in [-0.39, 0.29) is 6.61 Å². The van der Waals surface area contributed by atoms with Gasteiger partial charge in [0.05, 0.1) is 19.4 Å². The van der Waals surface area contributed by atoms with Crippen molar-refractivity contribution < 1.29 is 9.53 Å². The summed E-state index contributed by atoms with van der Waals surface area (Å²) in [6.07, 6.45) is 0.714. The first kappa shape index (κ1) is 16.5. The fraction of sp³-hybridized carbons (Fsp3) is 0.385. The summed E-state index contributed by atoms with van der Waals surface area (Å²) in [7, 11) is 0. The fourth-order valence-corrected chi connectivity index (χ4v) is 4.84. The number of rotatable bonds is 2. The number of fused-ring (bicyclic) bond motifs is 1. The van der Waals surface area contributed by atoms with Crippen LogP contribution in [0.5, 0.6) is 0 Å². The Hall–Kier alpha value is 0.100. The van der Waals surface area contributed by atoms with Crippen LogP contribution in [-0.4, -0.2) is 18.1 Å². The number of carbonyl (C=O) groups excluding carboxylic acids is 1. The summed E-state index contributed by atoms with van der Waals surface area (Å²) in [5.41, 5.74) is 0.788. The van der Waals surface area contributed by atoms with Gasteiger partial charge in [0, 0.05) is 17.9 Å². The third-order valence-electron chi connectivity index (χ3n) is 3.28. The predicted molar refractivity (Wildman–Crippen MR) is 90.6 cm³/mol. The molecule has 0 heterocycles. The minimum atomic E-state index is -1.15. The van der Waals surface area contributed by atoms with Crippen molar-refractivity contribution in [3.63, 3.8) is 0 Å². The minimum Gasteiger partial charge on any atom is -0.460 e. The summed E-state index contributed by atoms with van der Waals surface area (Å²) >= 11 is 14.1. The number of hydrogen-bond donors (Lipinski definition) is 0. The largest absolute Gasteiger partial charge is 0.460 e. The average molecular weight is 531 g/mol. The molecule has 0 saturated heterocycles. The molecule has 7 heteroatoms. The average Bonchev–Trinajstić information content (AvgIpc) is 2.84. The van der Waals surface area contributed by atoms with Crippen molar-refractivity contribution in [3.8, 4) is 0 Å². The maximum absolute atomic E-state index is 12.2. The molecule has 20 heavy (non-hydrogen) atoms. The van der Waals surface area contributed by atoms with Gasteiger partial charge in [-0.2, -0.15) is 0 Å². The molecular weight excluding hydrogens is 522 g/mol. The van der Waals surface area contributed by atoms with Gasteiger partial charge in [0.25, 0.3) is 0 Å². The molecule has 0 N–H and O–H groups in total. The molecule has 0 bridgehead atoms. The molecule has 106 valence electrons. The zero-order chi connectivity index (χ0) is 15.1. The summed E-state index contributed by atoms with van der Waals surface area (Å²) in [6.45, 7) is 9.48. The summed E-state index contributed by atoms with van der Waals surface area (Å²) in [5.74, 6) is -0.447. The lowest BCUT2D eigenvalue weighted by Crippen LogP contribution is -2.37. The molecule has 0 radical (unpaired) electrons. The lowest BCUT2D eigenvalue weighted by molar-refractivity contribution is -0.147. The highest BCUT2D eigenvalue weighted by Crippen LogP contribution is 2.48. The SMILES string of the molecule is [C-]#[N+]C1(C(=O)OCC)Cc2c(Br)c(Br)c(Br)c(Br)c2C1. The van der Waals surface area contributed by atoms with Gasteiger partial charge in [0.2, 0.25) is 0 Å². The lowest BCUT2D eigenvalue weighted by Gasteiger charge is -2.13. The molecule has 1 aliphatic rings. The van der Waals surface area contributed by atoms with E-state index in [1.54, 1.807) is 6.92 Å². The van der Waals surface area contributed by atoms with Crippen LogP contribution < -0.4 is 0 Å². The van der Waals surface area contributed by atoms with Gasteiger partial charge in [-0.25, -0.2) is 11.4 Å². The van der Waals surface area contributed by atoms with Crippen LogP contribution in [0.2, 0.25) is 0 Å². The number of ether oxygens (including phenoxy) is 1. The topological polar surface area (TPSA) is 30.7 Å². The molecule has 0 saturated carbocycles. The Morgan fingerprint density at radius 2 is 1.60 bits per heavy atom. The van der Waals surface area contributed by atoms with Crippen LogP contribution in [0.15, 0.2) is 17.9 Å². The molecule has 2 rings (SSSR count). The molecular formula is C13H9Br4NO2. The molecule has 3 nitrogen and oxygen atoms in total. The van der Waals surface area contributed by atoms with Crippen molar-refractivity contribution in [2.45, 2.75) is 25.3 Å². The maximum Gasteiger partial charge on any atom is 0.394 e. The molecule has 0 atom stereocenters. The normalized spacial score (nSPS) is 15.6. The van der Waals surface area contributed by atoms with E-state index >= 15 is 0 Å². The smallest absolute Gasteiger partial charge is 0.394 e. The summed E-state index contributed by atoms with van der Waals surface area (Å²) in [4.78, 5) is 15.8. The summed E-state index contributed by atoms with van der Waals surface area (Å²) in [5, 5.41) is 0. The van der Waals surface area contributed by atoms with E-state index in [1.165, 1.54) is 0 Å². The van der Waals surface area contributed by atoms with Gasteiger partial charge in [0.1, 0.15) is 0 Å². The van der Waals surface area contributed by atoms with E-state index in [2.05, 4.69) is 68.6 Å². The van der Waals surface area contributed by atoms with E-state index in [0.717, 1.165) is 29.0 Å². The quantitative estimate of drug-likeness (QED) is 0.232. The third kappa shape index (κ3) is 2.49. The molecule has 1 aliphatic carbocycles. The van der Waals surface area contributed by atoms with Gasteiger partial charge in [-0.05, 0) is 81.8 Å². The Bertz CT molecular complexity index is 599. The number of halogens is 4. The zero-order valence-electron chi connectivity index (χ0n) is 10.4. The van der Waals surface area contributed by atoms with Crippen LogP contribution in [-0.2, 0) is 22.4 Å². The van der Waals surface area contributed by atoms with Crippen LogP contribution in [0.3, 0.4) is 0 Å². The standard InChI is InChI=1S/C13H9Br4NO2/c1-3-20-12(19)13(18-2)4-6-7(5-13)9(15)11(17)10(16)8(6)14/h3-5H2,1H3. The van der Waals surface area contributed by atoms with Gasteiger partial charge in [-0.15, -0.1) is 0 Å². The summed E-state index contributed by atoms with van der Waals surface area (Å²) in [6, 6.07) is 0. The zero-order valence-corrected chi connectivity index (χ0v) is 16.7. The number of hydrogen-bond acceptors (Lipinski definition) is 2. The number of benzene rings is 1. The minimum absolute atomic E-state index is 0.280. The monoisotopic (exact) mass is 527 g/mol. The Labute approximate surface area is 150 Å². The van der Waals surface area contributed by atoms with Gasteiger partial charge in [-0.3, -0.25) is 4.85 Å². The Kier molecular flexibility index (Phi) is 5.00. The van der Waals surface area contributed by atoms with Crippen molar-refractivity contribution in [2.24, 2.45) is 0 Å². The Morgan fingerprint density at radius 3 is 1.95 bits per heavy atom. The van der Waals surface area contributed by atoms with Crippen molar-refractivity contribution in [2.75, 3.05) is 6.61 Å². The molecule has 0 fully saturated rings. The Morgan fingerprint density at radius 1 is 1.15 bits per heavy atom. The van der Waals surface area contributed by atoms with E-state index in [0.29, 0.717) is 12.8 Å². The molecule has 0 aromatic heterocycles. The second kappa shape index (κ2) is 6.07. The van der Waals surface area contributed by atoms with Crippen LogP contribution >= 0.6 is 63.7 Å². The van der Waals surface area contributed by atoms with E-state index in [9.17, 15) is 4.79 Å². The van der Waals surface area contributed by atoms with Gasteiger partial charge < -0.3 is 4.74 Å². The fourth-order valence-electron chi connectivity index (χ4n) is 2.27. The van der Waals surface area contributed by atoms with Crippen LogP contribution in [0.4, 0.5) is 0 Å².